The van der Waals surface area contributed by atoms with Gasteiger partial charge in [0.2, 0.25) is 5.91 Å². The van der Waals surface area contributed by atoms with Gasteiger partial charge in [-0.3, -0.25) is 14.8 Å². The van der Waals surface area contributed by atoms with Crippen LogP contribution in [-0.4, -0.2) is 28.0 Å². The van der Waals surface area contributed by atoms with Crippen LogP contribution in [0.5, 0.6) is 0 Å². The average Bonchev–Trinajstić information content (AvgIpc) is 3.06. The zero-order valence-electron chi connectivity index (χ0n) is 10.6. The monoisotopic (exact) mass is 337 g/mol. The quantitative estimate of drug-likeness (QED) is 0.875. The third kappa shape index (κ3) is 2.47. The molecule has 1 aromatic carbocycles. The van der Waals surface area contributed by atoms with Gasteiger partial charge in [0.15, 0.2) is 5.82 Å². The molecule has 4 nitrogen and oxygen atoms in total. The molecule has 0 radical (unpaired) electrons. The van der Waals surface area contributed by atoms with Gasteiger partial charge in [-0.1, -0.05) is 15.9 Å². The number of carbonyl (C=O) groups excluding carboxylic acids is 1. The number of H-pyrrole nitrogens is 1. The van der Waals surface area contributed by atoms with E-state index in [4.69, 9.17) is 0 Å². The second-order valence-corrected chi connectivity index (χ2v) is 5.52. The summed E-state index contributed by atoms with van der Waals surface area (Å²) in [5.41, 5.74) is 1.61. The van der Waals surface area contributed by atoms with Crippen LogP contribution < -0.4 is 4.90 Å². The van der Waals surface area contributed by atoms with Crippen LogP contribution in [0, 0.1) is 11.7 Å². The van der Waals surface area contributed by atoms with Crippen molar-refractivity contribution in [2.45, 2.75) is 6.42 Å². The number of nitrogens with zero attached hydrogens (tertiary/aromatic N) is 2. The third-order valence-corrected chi connectivity index (χ3v) is 4.34. The number of aromatic amines is 1. The standard InChI is InChI=1S/C14H13BrFN3O/c15-7-9-5-14(20)19(8-9)13-6-12(17-18-13)10-1-3-11(16)4-2-10/h1-4,6,9H,5,7-8H2,(H,17,18). The SMILES string of the molecule is O=C1CC(CBr)CN1c1cc(-c2ccc(F)cc2)[nH]n1. The number of halogens is 2. The summed E-state index contributed by atoms with van der Waals surface area (Å²) in [4.78, 5) is 13.6. The summed E-state index contributed by atoms with van der Waals surface area (Å²) in [5.74, 6) is 0.765. The third-order valence-electron chi connectivity index (χ3n) is 3.42. The van der Waals surface area contributed by atoms with Crippen LogP contribution >= 0.6 is 15.9 Å². The van der Waals surface area contributed by atoms with Gasteiger partial charge in [0.25, 0.3) is 0 Å². The van der Waals surface area contributed by atoms with Crippen molar-refractivity contribution in [2.75, 3.05) is 16.8 Å². The number of hydrogen-bond acceptors (Lipinski definition) is 2. The maximum absolute atomic E-state index is 12.9. The molecule has 1 aliphatic rings. The van der Waals surface area contributed by atoms with Gasteiger partial charge in [-0.15, -0.1) is 0 Å². The Hall–Kier alpha value is -1.69. The zero-order valence-corrected chi connectivity index (χ0v) is 12.2. The van der Waals surface area contributed by atoms with Crippen LogP contribution in [0.2, 0.25) is 0 Å². The molecule has 6 heteroatoms. The van der Waals surface area contributed by atoms with Crippen molar-refractivity contribution in [1.29, 1.82) is 0 Å². The summed E-state index contributed by atoms with van der Waals surface area (Å²) in [5, 5.41) is 7.89. The topological polar surface area (TPSA) is 49.0 Å². The van der Waals surface area contributed by atoms with Crippen molar-refractivity contribution in [3.63, 3.8) is 0 Å². The molecule has 20 heavy (non-hydrogen) atoms. The average molecular weight is 338 g/mol. The van der Waals surface area contributed by atoms with E-state index in [1.807, 2.05) is 6.07 Å². The van der Waals surface area contributed by atoms with E-state index in [9.17, 15) is 9.18 Å². The van der Waals surface area contributed by atoms with Crippen LogP contribution in [0.15, 0.2) is 30.3 Å². The number of anilines is 1. The largest absolute Gasteiger partial charge is 0.295 e. The molecule has 2 heterocycles. The Kier molecular flexibility index (Phi) is 3.56. The summed E-state index contributed by atoms with van der Waals surface area (Å²) in [6.45, 7) is 0.678. The molecule has 1 aliphatic heterocycles. The summed E-state index contributed by atoms with van der Waals surface area (Å²) >= 11 is 3.41. The van der Waals surface area contributed by atoms with Crippen molar-refractivity contribution >= 4 is 27.7 Å². The molecule has 0 bridgehead atoms. The van der Waals surface area contributed by atoms with Crippen molar-refractivity contribution in [1.82, 2.24) is 10.2 Å². The van der Waals surface area contributed by atoms with Gasteiger partial charge >= 0.3 is 0 Å². The van der Waals surface area contributed by atoms with Gasteiger partial charge in [-0.2, -0.15) is 5.10 Å². The molecule has 104 valence electrons. The highest BCUT2D eigenvalue weighted by Gasteiger charge is 2.31. The minimum Gasteiger partial charge on any atom is -0.295 e. The Morgan fingerprint density at radius 2 is 2.15 bits per heavy atom. The van der Waals surface area contributed by atoms with E-state index < -0.39 is 0 Å². The van der Waals surface area contributed by atoms with Gasteiger partial charge in [0.05, 0.1) is 5.69 Å². The molecule has 0 spiro atoms. The summed E-state index contributed by atoms with van der Waals surface area (Å²) in [6.07, 6.45) is 0.546. The number of aromatic nitrogens is 2. The Bertz CT molecular complexity index is 626. The molecule has 1 aromatic heterocycles. The molecule has 1 atom stereocenters. The van der Waals surface area contributed by atoms with Gasteiger partial charge in [-0.25, -0.2) is 4.39 Å². The first kappa shape index (κ1) is 13.3. The molecular formula is C14H13BrFN3O. The molecule has 1 amide bonds. The maximum Gasteiger partial charge on any atom is 0.228 e. The highest BCUT2D eigenvalue weighted by molar-refractivity contribution is 9.09. The number of amides is 1. The fraction of sp³-hybridized carbons (Fsp3) is 0.286. The number of carbonyl (C=O) groups is 1. The molecule has 3 rings (SSSR count). The zero-order chi connectivity index (χ0) is 14.1. The van der Waals surface area contributed by atoms with Crippen LogP contribution in [-0.2, 0) is 4.79 Å². The maximum atomic E-state index is 12.9. The first-order chi connectivity index (χ1) is 9.67. The summed E-state index contributed by atoms with van der Waals surface area (Å²) in [7, 11) is 0. The number of alkyl halides is 1. The molecular weight excluding hydrogens is 325 g/mol. The lowest BCUT2D eigenvalue weighted by molar-refractivity contribution is -0.117. The predicted octanol–water partition coefficient (Wildman–Crippen LogP) is 2.96. The fourth-order valence-corrected chi connectivity index (χ4v) is 2.77. The van der Waals surface area contributed by atoms with Crippen LogP contribution in [0.4, 0.5) is 10.2 Å². The number of rotatable bonds is 3. The number of nitrogens with one attached hydrogen (secondary N) is 1. The van der Waals surface area contributed by atoms with E-state index in [-0.39, 0.29) is 11.7 Å². The van der Waals surface area contributed by atoms with E-state index >= 15 is 0 Å². The number of hydrogen-bond donors (Lipinski definition) is 1. The van der Waals surface area contributed by atoms with Crippen molar-refractivity contribution < 1.29 is 9.18 Å². The normalized spacial score (nSPS) is 18.8. The van der Waals surface area contributed by atoms with Crippen LogP contribution in [0.1, 0.15) is 6.42 Å². The fourth-order valence-electron chi connectivity index (χ4n) is 2.33. The molecule has 1 fully saturated rings. The van der Waals surface area contributed by atoms with E-state index in [1.54, 1.807) is 17.0 Å². The summed E-state index contributed by atoms with van der Waals surface area (Å²) in [6, 6.07) is 7.98. The van der Waals surface area contributed by atoms with E-state index in [0.717, 1.165) is 16.6 Å². The smallest absolute Gasteiger partial charge is 0.228 e. The van der Waals surface area contributed by atoms with E-state index in [1.165, 1.54) is 12.1 Å². The molecule has 1 unspecified atom stereocenters. The summed E-state index contributed by atoms with van der Waals surface area (Å²) < 4.78 is 12.9. The Balaban J connectivity index is 1.83. The lowest BCUT2D eigenvalue weighted by Crippen LogP contribution is -2.24. The first-order valence-electron chi connectivity index (χ1n) is 6.35. The van der Waals surface area contributed by atoms with Crippen LogP contribution in [0.25, 0.3) is 11.3 Å². The van der Waals surface area contributed by atoms with Crippen molar-refractivity contribution in [2.24, 2.45) is 5.92 Å². The minimum atomic E-state index is -0.275. The Morgan fingerprint density at radius 1 is 1.40 bits per heavy atom. The number of benzene rings is 1. The van der Waals surface area contributed by atoms with Gasteiger partial charge in [0, 0.05) is 24.4 Å². The van der Waals surface area contributed by atoms with E-state index in [2.05, 4.69) is 26.1 Å². The molecule has 0 saturated carbocycles. The molecule has 0 aliphatic carbocycles. The van der Waals surface area contributed by atoms with Gasteiger partial charge < -0.3 is 0 Å². The van der Waals surface area contributed by atoms with Gasteiger partial charge in [-0.05, 0) is 35.7 Å². The molecule has 1 N–H and O–H groups in total. The van der Waals surface area contributed by atoms with Gasteiger partial charge in [0.1, 0.15) is 5.82 Å². The Labute approximate surface area is 124 Å². The van der Waals surface area contributed by atoms with Crippen molar-refractivity contribution in [3.05, 3.63) is 36.1 Å². The minimum absolute atomic E-state index is 0.0895. The van der Waals surface area contributed by atoms with Crippen LogP contribution in [0.3, 0.4) is 0 Å². The van der Waals surface area contributed by atoms with E-state index in [0.29, 0.717) is 24.7 Å². The lowest BCUT2D eigenvalue weighted by atomic mass is 10.1. The second kappa shape index (κ2) is 5.36. The predicted molar refractivity (Wildman–Crippen MR) is 78.2 cm³/mol. The highest BCUT2D eigenvalue weighted by atomic mass is 79.9. The molecule has 2 aromatic rings. The Morgan fingerprint density at radius 3 is 2.80 bits per heavy atom. The van der Waals surface area contributed by atoms with Crippen molar-refractivity contribution in [3.8, 4) is 11.3 Å². The highest BCUT2D eigenvalue weighted by Crippen LogP contribution is 2.27. The molecule has 1 saturated heterocycles. The second-order valence-electron chi connectivity index (χ2n) is 4.88. The lowest BCUT2D eigenvalue weighted by Gasteiger charge is -2.11. The first-order valence-corrected chi connectivity index (χ1v) is 7.47.